The summed E-state index contributed by atoms with van der Waals surface area (Å²) in [6.07, 6.45) is 4.18. The van der Waals surface area contributed by atoms with Gasteiger partial charge in [0.05, 0.1) is 6.10 Å². The van der Waals surface area contributed by atoms with Gasteiger partial charge in [0.1, 0.15) is 0 Å². The van der Waals surface area contributed by atoms with Crippen LogP contribution >= 0.6 is 0 Å². The van der Waals surface area contributed by atoms with Crippen molar-refractivity contribution in [2.45, 2.75) is 70.7 Å². The molecule has 0 radical (unpaired) electrons. The number of ketones is 1. The second kappa shape index (κ2) is 5.49. The summed E-state index contributed by atoms with van der Waals surface area (Å²) in [6, 6.07) is 0. The van der Waals surface area contributed by atoms with E-state index >= 15 is 0 Å². The van der Waals surface area contributed by atoms with E-state index in [1.807, 2.05) is 6.08 Å². The largest absolute Gasteiger partial charge is 0.409 e. The van der Waals surface area contributed by atoms with Crippen LogP contribution < -0.4 is 0 Å². The molecule has 1 rings (SSSR count). The molecule has 0 N–H and O–H groups in total. The standard InChI is InChI=1S/C14H26O2Si/c1-10(2)17(11(3)4,12(5)6)16-14-8-7-13(15)9-14/h7-8,10-12,14H,9H2,1-6H3/t14-/m1/s1. The molecule has 0 aromatic heterocycles. The molecule has 0 aliphatic heterocycles. The maximum atomic E-state index is 11.3. The Balaban J connectivity index is 2.90. The lowest BCUT2D eigenvalue weighted by Gasteiger charge is -2.43. The minimum Gasteiger partial charge on any atom is -0.409 e. The predicted molar refractivity (Wildman–Crippen MR) is 74.7 cm³/mol. The molecule has 2 nitrogen and oxygen atoms in total. The van der Waals surface area contributed by atoms with Gasteiger partial charge in [-0.3, -0.25) is 4.79 Å². The van der Waals surface area contributed by atoms with Crippen LogP contribution in [0.2, 0.25) is 16.6 Å². The lowest BCUT2D eigenvalue weighted by Crippen LogP contribution is -2.49. The van der Waals surface area contributed by atoms with E-state index in [0.29, 0.717) is 23.0 Å². The van der Waals surface area contributed by atoms with Gasteiger partial charge in [-0.15, -0.1) is 0 Å². The fourth-order valence-electron chi connectivity index (χ4n) is 3.30. The molecule has 0 bridgehead atoms. The van der Waals surface area contributed by atoms with E-state index in [-0.39, 0.29) is 11.9 Å². The Morgan fingerprint density at radius 2 is 1.59 bits per heavy atom. The van der Waals surface area contributed by atoms with Crippen LogP contribution in [0.5, 0.6) is 0 Å². The van der Waals surface area contributed by atoms with Crippen molar-refractivity contribution in [3.05, 3.63) is 12.2 Å². The van der Waals surface area contributed by atoms with Crippen LogP contribution in [0.4, 0.5) is 0 Å². The molecular weight excluding hydrogens is 228 g/mol. The van der Waals surface area contributed by atoms with E-state index in [2.05, 4.69) is 41.5 Å². The monoisotopic (exact) mass is 254 g/mol. The summed E-state index contributed by atoms with van der Waals surface area (Å²) < 4.78 is 6.49. The Bertz CT molecular complexity index is 284. The molecule has 1 aliphatic rings. The van der Waals surface area contributed by atoms with Crippen molar-refractivity contribution in [1.29, 1.82) is 0 Å². The third-order valence-electron chi connectivity index (χ3n) is 3.96. The minimum absolute atomic E-state index is 0.0290. The Kier molecular flexibility index (Phi) is 4.73. The summed E-state index contributed by atoms with van der Waals surface area (Å²) in [6.45, 7) is 13.6. The first-order valence-corrected chi connectivity index (χ1v) is 8.83. The van der Waals surface area contributed by atoms with E-state index in [4.69, 9.17) is 4.43 Å². The zero-order chi connectivity index (χ0) is 13.2. The topological polar surface area (TPSA) is 26.3 Å². The number of hydrogen-bond donors (Lipinski definition) is 0. The second-order valence-electron chi connectivity index (χ2n) is 6.00. The zero-order valence-electron chi connectivity index (χ0n) is 12.0. The van der Waals surface area contributed by atoms with E-state index in [9.17, 15) is 4.79 Å². The highest BCUT2D eigenvalue weighted by Gasteiger charge is 2.46. The number of rotatable bonds is 5. The molecule has 0 aromatic rings. The molecule has 0 unspecified atom stereocenters. The summed E-state index contributed by atoms with van der Waals surface area (Å²) >= 11 is 0. The van der Waals surface area contributed by atoms with Crippen LogP contribution in [0.1, 0.15) is 48.0 Å². The molecule has 0 spiro atoms. The first-order chi connectivity index (χ1) is 7.80. The molecule has 0 aromatic carbocycles. The van der Waals surface area contributed by atoms with Crippen LogP contribution in [0.3, 0.4) is 0 Å². The number of hydrogen-bond acceptors (Lipinski definition) is 2. The maximum absolute atomic E-state index is 11.3. The highest BCUT2D eigenvalue weighted by Crippen LogP contribution is 2.43. The van der Waals surface area contributed by atoms with Crippen molar-refractivity contribution in [2.24, 2.45) is 0 Å². The van der Waals surface area contributed by atoms with E-state index in [1.165, 1.54) is 0 Å². The lowest BCUT2D eigenvalue weighted by atomic mass is 10.3. The summed E-state index contributed by atoms with van der Waals surface area (Å²) in [7, 11) is -1.83. The average Bonchev–Trinajstić information content (AvgIpc) is 2.58. The van der Waals surface area contributed by atoms with E-state index in [1.54, 1.807) is 6.08 Å². The number of carbonyl (C=O) groups excluding carboxylic acids is 1. The Morgan fingerprint density at radius 1 is 1.12 bits per heavy atom. The summed E-state index contributed by atoms with van der Waals surface area (Å²) in [4.78, 5) is 11.3. The zero-order valence-corrected chi connectivity index (χ0v) is 13.0. The SMILES string of the molecule is CC(C)[Si](O[C@@H]1C=CC(=O)C1)(C(C)C)C(C)C. The summed E-state index contributed by atoms with van der Waals surface area (Å²) in [5, 5.41) is 0. The smallest absolute Gasteiger partial charge is 0.201 e. The fraction of sp³-hybridized carbons (Fsp3) is 0.786. The number of carbonyl (C=O) groups is 1. The molecule has 1 atom stereocenters. The molecule has 0 saturated carbocycles. The van der Waals surface area contributed by atoms with Crippen molar-refractivity contribution in [1.82, 2.24) is 0 Å². The molecule has 98 valence electrons. The van der Waals surface area contributed by atoms with Crippen molar-refractivity contribution in [3.8, 4) is 0 Å². The van der Waals surface area contributed by atoms with Gasteiger partial charge in [-0.2, -0.15) is 0 Å². The van der Waals surface area contributed by atoms with Crippen molar-refractivity contribution < 1.29 is 9.22 Å². The van der Waals surface area contributed by atoms with Gasteiger partial charge in [-0.25, -0.2) is 0 Å². The number of allylic oxidation sites excluding steroid dienone is 1. The van der Waals surface area contributed by atoms with Gasteiger partial charge < -0.3 is 4.43 Å². The second-order valence-corrected chi connectivity index (χ2v) is 11.4. The van der Waals surface area contributed by atoms with Crippen LogP contribution in [-0.2, 0) is 9.22 Å². The first-order valence-electron chi connectivity index (χ1n) is 6.69. The molecule has 0 fully saturated rings. The first kappa shape index (κ1) is 14.6. The molecule has 0 amide bonds. The van der Waals surface area contributed by atoms with Crippen molar-refractivity contribution >= 4 is 14.1 Å². The average molecular weight is 254 g/mol. The highest BCUT2D eigenvalue weighted by atomic mass is 28.4. The third kappa shape index (κ3) is 2.88. The van der Waals surface area contributed by atoms with E-state index in [0.717, 1.165) is 0 Å². The van der Waals surface area contributed by atoms with Crippen LogP contribution in [0.25, 0.3) is 0 Å². The van der Waals surface area contributed by atoms with Gasteiger partial charge in [-0.05, 0) is 22.7 Å². The third-order valence-corrected chi connectivity index (χ3v) is 10.1. The van der Waals surface area contributed by atoms with Gasteiger partial charge in [0.2, 0.25) is 8.32 Å². The van der Waals surface area contributed by atoms with E-state index < -0.39 is 8.32 Å². The fourth-order valence-corrected chi connectivity index (χ4v) is 8.80. The van der Waals surface area contributed by atoms with Gasteiger partial charge >= 0.3 is 0 Å². The quantitative estimate of drug-likeness (QED) is 0.691. The summed E-state index contributed by atoms with van der Waals surface area (Å²) in [5.74, 6) is 0.203. The van der Waals surface area contributed by atoms with Crippen LogP contribution in [0.15, 0.2) is 12.2 Å². The van der Waals surface area contributed by atoms with Crippen molar-refractivity contribution in [2.75, 3.05) is 0 Å². The van der Waals surface area contributed by atoms with Gasteiger partial charge in [0, 0.05) is 6.42 Å². The maximum Gasteiger partial charge on any atom is 0.201 e. The molecule has 1 aliphatic carbocycles. The van der Waals surface area contributed by atoms with Crippen LogP contribution in [0, 0.1) is 0 Å². The minimum atomic E-state index is -1.83. The van der Waals surface area contributed by atoms with Gasteiger partial charge in [-0.1, -0.05) is 47.6 Å². The van der Waals surface area contributed by atoms with Gasteiger partial charge in [0.25, 0.3) is 0 Å². The summed E-state index contributed by atoms with van der Waals surface area (Å²) in [5.41, 5.74) is 1.73. The molecular formula is C14H26O2Si. The molecule has 3 heteroatoms. The molecule has 0 heterocycles. The van der Waals surface area contributed by atoms with Gasteiger partial charge in [0.15, 0.2) is 5.78 Å². The molecule has 0 saturated heterocycles. The molecule has 17 heavy (non-hydrogen) atoms. The van der Waals surface area contributed by atoms with Crippen LogP contribution in [-0.4, -0.2) is 20.2 Å². The lowest BCUT2D eigenvalue weighted by molar-refractivity contribution is -0.114. The Hall–Kier alpha value is -0.413. The Labute approximate surface area is 107 Å². The predicted octanol–water partition coefficient (Wildman–Crippen LogP) is 4.08. The Morgan fingerprint density at radius 3 is 1.88 bits per heavy atom. The normalized spacial score (nSPS) is 21.2. The van der Waals surface area contributed by atoms with Crippen molar-refractivity contribution in [3.63, 3.8) is 0 Å². The highest BCUT2D eigenvalue weighted by molar-refractivity contribution is 6.77.